The molecule has 3 fully saturated rings. The van der Waals surface area contributed by atoms with Crippen LogP contribution in [0.4, 0.5) is 4.79 Å². The Hall–Kier alpha value is -1.63. The van der Waals surface area contributed by atoms with Crippen LogP contribution in [0.2, 0.25) is 0 Å². The molecule has 2 aliphatic heterocycles. The van der Waals surface area contributed by atoms with E-state index in [4.69, 9.17) is 4.74 Å². The molecule has 24 heavy (non-hydrogen) atoms. The first-order valence-corrected chi connectivity index (χ1v) is 9.07. The predicted molar refractivity (Wildman–Crippen MR) is 87.3 cm³/mol. The third-order valence-corrected chi connectivity index (χ3v) is 5.80. The van der Waals surface area contributed by atoms with Crippen LogP contribution in [0.5, 0.6) is 0 Å². The van der Waals surface area contributed by atoms with Crippen LogP contribution in [0.1, 0.15) is 52.4 Å². The smallest absolute Gasteiger partial charge is 0.325 e. The molecule has 0 aromatic heterocycles. The number of nitrogens with zero attached hydrogens (tertiary/aromatic N) is 2. The summed E-state index contributed by atoms with van der Waals surface area (Å²) in [5, 5.41) is 2.77. The van der Waals surface area contributed by atoms with Gasteiger partial charge in [0.25, 0.3) is 5.91 Å². The molecule has 0 bridgehead atoms. The van der Waals surface area contributed by atoms with Gasteiger partial charge in [0.1, 0.15) is 12.1 Å². The van der Waals surface area contributed by atoms with Gasteiger partial charge in [-0.05, 0) is 25.7 Å². The maximum atomic E-state index is 12.8. The second-order valence-corrected chi connectivity index (χ2v) is 6.96. The van der Waals surface area contributed by atoms with E-state index in [2.05, 4.69) is 5.32 Å². The first kappa shape index (κ1) is 17.2. The first-order chi connectivity index (χ1) is 11.5. The summed E-state index contributed by atoms with van der Waals surface area (Å²) in [6.07, 6.45) is 5.29. The van der Waals surface area contributed by atoms with Gasteiger partial charge in [0.2, 0.25) is 5.91 Å². The van der Waals surface area contributed by atoms with E-state index in [9.17, 15) is 14.4 Å². The van der Waals surface area contributed by atoms with Crippen molar-refractivity contribution in [2.24, 2.45) is 0 Å². The summed E-state index contributed by atoms with van der Waals surface area (Å²) in [5.74, 6) is -0.430. The van der Waals surface area contributed by atoms with E-state index >= 15 is 0 Å². The molecular weight excluding hydrogens is 310 g/mol. The normalized spacial score (nSPS) is 29.4. The number of carbonyl (C=O) groups is 3. The summed E-state index contributed by atoms with van der Waals surface area (Å²) >= 11 is 0. The summed E-state index contributed by atoms with van der Waals surface area (Å²) in [5.41, 5.74) is -0.851. The molecule has 7 nitrogen and oxygen atoms in total. The third kappa shape index (κ3) is 2.79. The lowest BCUT2D eigenvalue weighted by Gasteiger charge is -2.44. The lowest BCUT2D eigenvalue weighted by molar-refractivity contribution is -0.152. The van der Waals surface area contributed by atoms with Crippen molar-refractivity contribution < 1.29 is 19.1 Å². The van der Waals surface area contributed by atoms with Crippen molar-refractivity contribution in [1.82, 2.24) is 15.1 Å². The van der Waals surface area contributed by atoms with Crippen molar-refractivity contribution in [3.05, 3.63) is 0 Å². The van der Waals surface area contributed by atoms with Crippen LogP contribution >= 0.6 is 0 Å². The van der Waals surface area contributed by atoms with Gasteiger partial charge < -0.3 is 15.0 Å². The highest BCUT2D eigenvalue weighted by atomic mass is 16.5. The molecule has 4 amide bonds. The monoisotopic (exact) mass is 337 g/mol. The Labute approximate surface area is 142 Å². The van der Waals surface area contributed by atoms with E-state index in [-0.39, 0.29) is 30.5 Å². The van der Waals surface area contributed by atoms with E-state index in [1.807, 2.05) is 18.7 Å². The van der Waals surface area contributed by atoms with Crippen molar-refractivity contribution >= 4 is 17.8 Å². The van der Waals surface area contributed by atoms with Gasteiger partial charge in [0.15, 0.2) is 0 Å². The van der Waals surface area contributed by atoms with Crippen LogP contribution in [0, 0.1) is 0 Å². The van der Waals surface area contributed by atoms with Crippen molar-refractivity contribution in [3.8, 4) is 0 Å². The predicted octanol–water partition coefficient (Wildman–Crippen LogP) is 1.27. The minimum absolute atomic E-state index is 0.0860. The summed E-state index contributed by atoms with van der Waals surface area (Å²) in [4.78, 5) is 40.6. The summed E-state index contributed by atoms with van der Waals surface area (Å²) in [7, 11) is 0. The molecule has 7 heteroatoms. The lowest BCUT2D eigenvalue weighted by atomic mass is 9.90. The average Bonchev–Trinajstić information content (AvgIpc) is 2.85. The zero-order chi connectivity index (χ0) is 17.3. The number of hydrogen-bond acceptors (Lipinski definition) is 4. The molecule has 2 saturated heterocycles. The van der Waals surface area contributed by atoms with Crippen molar-refractivity contribution in [1.29, 1.82) is 0 Å². The minimum Gasteiger partial charge on any atom is -0.374 e. The van der Waals surface area contributed by atoms with Crippen LogP contribution in [0.25, 0.3) is 0 Å². The Morgan fingerprint density at radius 2 is 1.96 bits per heavy atom. The summed E-state index contributed by atoms with van der Waals surface area (Å²) in [6, 6.07) is -0.367. The number of rotatable bonds is 4. The Morgan fingerprint density at radius 1 is 1.25 bits per heavy atom. The molecule has 0 radical (unpaired) electrons. The quantitative estimate of drug-likeness (QED) is 0.784. The molecule has 3 aliphatic rings. The Balaban J connectivity index is 1.70. The average molecular weight is 337 g/mol. The number of morpholine rings is 1. The second-order valence-electron chi connectivity index (χ2n) is 6.96. The molecule has 0 aromatic carbocycles. The molecule has 3 rings (SSSR count). The highest BCUT2D eigenvalue weighted by Gasteiger charge is 2.50. The fraction of sp³-hybridized carbons (Fsp3) is 0.824. The van der Waals surface area contributed by atoms with Crippen molar-refractivity contribution in [2.75, 3.05) is 19.7 Å². The Bertz CT molecular complexity index is 530. The van der Waals surface area contributed by atoms with Gasteiger partial charge in [-0.3, -0.25) is 14.5 Å². The Kier molecular flexibility index (Phi) is 4.80. The molecule has 0 unspecified atom stereocenters. The fourth-order valence-corrected chi connectivity index (χ4v) is 4.18. The number of amides is 4. The second kappa shape index (κ2) is 6.70. The van der Waals surface area contributed by atoms with E-state index in [1.54, 1.807) is 0 Å². The third-order valence-electron chi connectivity index (χ3n) is 5.80. The molecule has 0 spiro atoms. The van der Waals surface area contributed by atoms with Crippen molar-refractivity contribution in [2.45, 2.75) is 70.1 Å². The van der Waals surface area contributed by atoms with Gasteiger partial charge in [-0.1, -0.05) is 26.7 Å². The van der Waals surface area contributed by atoms with E-state index in [0.717, 1.165) is 30.6 Å². The zero-order valence-corrected chi connectivity index (χ0v) is 14.5. The number of nitrogens with one attached hydrogen (secondary N) is 1. The number of carbonyl (C=O) groups excluding carboxylic acids is 3. The topological polar surface area (TPSA) is 79.0 Å². The molecule has 1 saturated carbocycles. The Morgan fingerprint density at radius 3 is 2.62 bits per heavy atom. The molecule has 2 atom stereocenters. The standard InChI is InChI=1S/C17H27N3O4/c1-3-17(4-2)15(22)20(16(23)18-17)11-14(21)19-9-10-24-13-8-6-5-7-12(13)19/h12-13H,3-11H2,1-2H3,(H,18,23)/t12-,13-/m1/s1. The molecular formula is C17H27N3O4. The number of ether oxygens (including phenoxy) is 1. The highest BCUT2D eigenvalue weighted by Crippen LogP contribution is 2.29. The molecule has 1 aliphatic carbocycles. The highest BCUT2D eigenvalue weighted by molar-refractivity contribution is 6.09. The van der Waals surface area contributed by atoms with Gasteiger partial charge >= 0.3 is 6.03 Å². The van der Waals surface area contributed by atoms with Gasteiger partial charge in [-0.2, -0.15) is 0 Å². The molecule has 1 N–H and O–H groups in total. The largest absolute Gasteiger partial charge is 0.374 e. The SMILES string of the molecule is CCC1(CC)NC(=O)N(CC(=O)N2CCO[C@@H]3CCCC[C@H]32)C1=O. The molecule has 0 aromatic rings. The summed E-state index contributed by atoms with van der Waals surface area (Å²) < 4.78 is 5.79. The van der Waals surface area contributed by atoms with Gasteiger partial charge in [-0.15, -0.1) is 0 Å². The number of hydrogen-bond donors (Lipinski definition) is 1. The summed E-state index contributed by atoms with van der Waals surface area (Å²) in [6.45, 7) is 4.65. The van der Waals surface area contributed by atoms with E-state index in [0.29, 0.717) is 26.0 Å². The van der Waals surface area contributed by atoms with Gasteiger partial charge in [0.05, 0.1) is 18.8 Å². The molecule has 2 heterocycles. The van der Waals surface area contributed by atoms with E-state index in [1.165, 1.54) is 0 Å². The van der Waals surface area contributed by atoms with Crippen molar-refractivity contribution in [3.63, 3.8) is 0 Å². The van der Waals surface area contributed by atoms with Crippen LogP contribution in [-0.2, 0) is 14.3 Å². The van der Waals surface area contributed by atoms with Gasteiger partial charge in [0, 0.05) is 6.54 Å². The first-order valence-electron chi connectivity index (χ1n) is 9.07. The van der Waals surface area contributed by atoms with Crippen LogP contribution in [-0.4, -0.2) is 65.0 Å². The number of imide groups is 1. The van der Waals surface area contributed by atoms with Crippen LogP contribution < -0.4 is 5.32 Å². The maximum Gasteiger partial charge on any atom is 0.325 e. The number of urea groups is 1. The molecule has 134 valence electrons. The minimum atomic E-state index is -0.851. The van der Waals surface area contributed by atoms with Crippen LogP contribution in [0.3, 0.4) is 0 Å². The number of fused-ring (bicyclic) bond motifs is 1. The van der Waals surface area contributed by atoms with Crippen LogP contribution in [0.15, 0.2) is 0 Å². The zero-order valence-electron chi connectivity index (χ0n) is 14.5. The fourth-order valence-electron chi connectivity index (χ4n) is 4.18. The van der Waals surface area contributed by atoms with Gasteiger partial charge in [-0.25, -0.2) is 4.79 Å². The maximum absolute atomic E-state index is 12.8. The lowest BCUT2D eigenvalue weighted by Crippen LogP contribution is -2.57. The van der Waals surface area contributed by atoms with E-state index < -0.39 is 11.6 Å².